The van der Waals surface area contributed by atoms with E-state index < -0.39 is 0 Å². The molecule has 1 aromatic heterocycles. The second-order valence-corrected chi connectivity index (χ2v) is 9.70. The van der Waals surface area contributed by atoms with Crippen molar-refractivity contribution in [1.82, 2.24) is 15.1 Å². The molecule has 2 aromatic carbocycles. The van der Waals surface area contributed by atoms with Crippen molar-refractivity contribution in [3.8, 4) is 5.75 Å². The van der Waals surface area contributed by atoms with Gasteiger partial charge in [-0.15, -0.1) is 10.2 Å². The van der Waals surface area contributed by atoms with Crippen LogP contribution in [0.4, 0.5) is 16.5 Å². The number of aromatic nitrogens is 2. The standard InChI is InChI=1S/C22H25N5O2S2/c1-16(20(28)27-13-11-26(12-14-27)18-8-4-3-5-9-18)30-22-25-24-21(31-22)23-17-7-6-10-19(15-17)29-2/h3-10,15-16H,11-14H2,1-2H3,(H,23,24). The van der Waals surface area contributed by atoms with Gasteiger partial charge in [-0.05, 0) is 31.2 Å². The molecular formula is C22H25N5O2S2. The fourth-order valence-electron chi connectivity index (χ4n) is 3.41. The molecule has 0 saturated carbocycles. The van der Waals surface area contributed by atoms with E-state index in [-0.39, 0.29) is 11.2 Å². The number of hydrogen-bond acceptors (Lipinski definition) is 8. The van der Waals surface area contributed by atoms with Gasteiger partial charge in [-0.25, -0.2) is 0 Å². The topological polar surface area (TPSA) is 70.6 Å². The number of rotatable bonds is 7. The van der Waals surface area contributed by atoms with Crippen LogP contribution in [0.1, 0.15) is 6.92 Å². The molecule has 1 aliphatic rings. The van der Waals surface area contributed by atoms with E-state index in [4.69, 9.17) is 4.74 Å². The Bertz CT molecular complexity index is 1010. The van der Waals surface area contributed by atoms with E-state index in [0.717, 1.165) is 42.0 Å². The zero-order valence-corrected chi connectivity index (χ0v) is 19.2. The van der Waals surface area contributed by atoms with Crippen LogP contribution in [0.5, 0.6) is 5.75 Å². The summed E-state index contributed by atoms with van der Waals surface area (Å²) < 4.78 is 6.02. The first-order valence-corrected chi connectivity index (χ1v) is 11.8. The first-order valence-electron chi connectivity index (χ1n) is 10.1. The number of carbonyl (C=O) groups excluding carboxylic acids is 1. The van der Waals surface area contributed by atoms with Gasteiger partial charge in [-0.1, -0.05) is 47.4 Å². The van der Waals surface area contributed by atoms with Gasteiger partial charge in [0.25, 0.3) is 0 Å². The Morgan fingerprint density at radius 2 is 1.87 bits per heavy atom. The summed E-state index contributed by atoms with van der Waals surface area (Å²) in [5, 5.41) is 12.1. The molecule has 1 amide bonds. The average Bonchev–Trinajstić information content (AvgIpc) is 3.25. The van der Waals surface area contributed by atoms with Crippen LogP contribution in [0.3, 0.4) is 0 Å². The van der Waals surface area contributed by atoms with Crippen molar-refractivity contribution in [2.45, 2.75) is 16.5 Å². The Morgan fingerprint density at radius 1 is 1.10 bits per heavy atom. The highest BCUT2D eigenvalue weighted by Gasteiger charge is 2.26. The Hall–Kier alpha value is -2.78. The Labute approximate surface area is 190 Å². The van der Waals surface area contributed by atoms with Crippen molar-refractivity contribution in [2.24, 2.45) is 0 Å². The van der Waals surface area contributed by atoms with Crippen LogP contribution in [0.15, 0.2) is 58.9 Å². The lowest BCUT2D eigenvalue weighted by molar-refractivity contribution is -0.130. The molecule has 31 heavy (non-hydrogen) atoms. The van der Waals surface area contributed by atoms with Gasteiger partial charge in [0.05, 0.1) is 12.4 Å². The quantitative estimate of drug-likeness (QED) is 0.538. The van der Waals surface area contributed by atoms with E-state index in [0.29, 0.717) is 5.13 Å². The predicted molar refractivity (Wildman–Crippen MR) is 127 cm³/mol. The maximum Gasteiger partial charge on any atom is 0.235 e. The molecule has 3 aromatic rings. The SMILES string of the molecule is COc1cccc(Nc2nnc(SC(C)C(=O)N3CCN(c4ccccc4)CC3)s2)c1. The molecule has 0 aliphatic carbocycles. The van der Waals surface area contributed by atoms with Crippen molar-refractivity contribution in [3.05, 3.63) is 54.6 Å². The first-order chi connectivity index (χ1) is 15.1. The lowest BCUT2D eigenvalue weighted by atomic mass is 10.2. The molecule has 9 heteroatoms. The van der Waals surface area contributed by atoms with Crippen molar-refractivity contribution in [2.75, 3.05) is 43.5 Å². The van der Waals surface area contributed by atoms with Gasteiger partial charge in [-0.3, -0.25) is 4.79 Å². The summed E-state index contributed by atoms with van der Waals surface area (Å²) >= 11 is 2.90. The van der Waals surface area contributed by atoms with Crippen LogP contribution in [0.2, 0.25) is 0 Å². The van der Waals surface area contributed by atoms with Crippen LogP contribution < -0.4 is 15.0 Å². The zero-order chi connectivity index (χ0) is 21.6. The molecule has 162 valence electrons. The number of benzene rings is 2. The summed E-state index contributed by atoms with van der Waals surface area (Å²) in [7, 11) is 1.64. The van der Waals surface area contributed by atoms with Crippen molar-refractivity contribution < 1.29 is 9.53 Å². The predicted octanol–water partition coefficient (Wildman–Crippen LogP) is 4.12. The summed E-state index contributed by atoms with van der Waals surface area (Å²) in [6.07, 6.45) is 0. The molecule has 1 saturated heterocycles. The van der Waals surface area contributed by atoms with E-state index in [9.17, 15) is 4.79 Å². The van der Waals surface area contributed by atoms with Crippen molar-refractivity contribution >= 4 is 45.5 Å². The minimum atomic E-state index is -0.208. The normalized spacial score (nSPS) is 14.9. The van der Waals surface area contributed by atoms with Crippen molar-refractivity contribution in [3.63, 3.8) is 0 Å². The van der Waals surface area contributed by atoms with Crippen LogP contribution >= 0.6 is 23.1 Å². The summed E-state index contributed by atoms with van der Waals surface area (Å²) in [6.45, 7) is 5.10. The second kappa shape index (κ2) is 10.0. The van der Waals surface area contributed by atoms with Gasteiger partial charge in [-0.2, -0.15) is 0 Å². The third-order valence-electron chi connectivity index (χ3n) is 5.07. The number of anilines is 3. The summed E-state index contributed by atoms with van der Waals surface area (Å²) in [5.41, 5.74) is 2.09. The number of para-hydroxylation sites is 1. The first kappa shape index (κ1) is 21.5. The van der Waals surface area contributed by atoms with Crippen molar-refractivity contribution in [1.29, 1.82) is 0 Å². The number of ether oxygens (including phenoxy) is 1. The fraction of sp³-hybridized carbons (Fsp3) is 0.318. The number of methoxy groups -OCH3 is 1. The van der Waals surface area contributed by atoms with Gasteiger partial charge in [0.1, 0.15) is 5.75 Å². The van der Waals surface area contributed by atoms with Crippen LogP contribution in [0.25, 0.3) is 0 Å². The van der Waals surface area contributed by atoms with E-state index >= 15 is 0 Å². The van der Waals surface area contributed by atoms with Gasteiger partial charge < -0.3 is 19.9 Å². The number of hydrogen-bond donors (Lipinski definition) is 1. The number of thioether (sulfide) groups is 1. The minimum Gasteiger partial charge on any atom is -0.497 e. The number of piperazine rings is 1. The minimum absolute atomic E-state index is 0.148. The van der Waals surface area contributed by atoms with E-state index in [2.05, 4.69) is 32.5 Å². The van der Waals surface area contributed by atoms with E-state index in [1.807, 2.05) is 54.3 Å². The molecule has 1 unspecified atom stereocenters. The van der Waals surface area contributed by atoms with Crippen LogP contribution in [-0.4, -0.2) is 59.5 Å². The number of nitrogens with one attached hydrogen (secondary N) is 1. The van der Waals surface area contributed by atoms with Gasteiger partial charge in [0.2, 0.25) is 11.0 Å². The average molecular weight is 456 g/mol. The Morgan fingerprint density at radius 3 is 2.61 bits per heavy atom. The third-order valence-corrected chi connectivity index (χ3v) is 7.08. The van der Waals surface area contributed by atoms with Crippen LogP contribution in [-0.2, 0) is 4.79 Å². The summed E-state index contributed by atoms with van der Waals surface area (Å²) in [6, 6.07) is 18.0. The van der Waals surface area contributed by atoms with Crippen LogP contribution in [0, 0.1) is 0 Å². The Kier molecular flexibility index (Phi) is 6.93. The highest BCUT2D eigenvalue weighted by Crippen LogP contribution is 2.32. The maximum atomic E-state index is 12.9. The van der Waals surface area contributed by atoms with E-state index in [1.54, 1.807) is 7.11 Å². The number of carbonyl (C=O) groups is 1. The molecule has 1 fully saturated rings. The largest absolute Gasteiger partial charge is 0.497 e. The molecule has 1 atom stereocenters. The highest BCUT2D eigenvalue weighted by molar-refractivity contribution is 8.02. The number of nitrogens with zero attached hydrogens (tertiary/aromatic N) is 4. The maximum absolute atomic E-state index is 12.9. The smallest absolute Gasteiger partial charge is 0.235 e. The van der Waals surface area contributed by atoms with Gasteiger partial charge >= 0.3 is 0 Å². The second-order valence-electron chi connectivity index (χ2n) is 7.14. The monoisotopic (exact) mass is 455 g/mol. The lowest BCUT2D eigenvalue weighted by Crippen LogP contribution is -2.50. The summed E-state index contributed by atoms with van der Waals surface area (Å²) in [5.74, 6) is 0.922. The highest BCUT2D eigenvalue weighted by atomic mass is 32.2. The molecule has 0 bridgehead atoms. The molecule has 4 rings (SSSR count). The molecule has 7 nitrogen and oxygen atoms in total. The molecule has 2 heterocycles. The summed E-state index contributed by atoms with van der Waals surface area (Å²) in [4.78, 5) is 17.2. The third kappa shape index (κ3) is 5.48. The molecular weight excluding hydrogens is 430 g/mol. The molecule has 0 spiro atoms. The van der Waals surface area contributed by atoms with Gasteiger partial charge in [0.15, 0.2) is 4.34 Å². The Balaban J connectivity index is 1.29. The number of amides is 1. The van der Waals surface area contributed by atoms with E-state index in [1.165, 1.54) is 28.8 Å². The molecule has 1 N–H and O–H groups in total. The fourth-order valence-corrected chi connectivity index (χ4v) is 5.41. The molecule has 1 aliphatic heterocycles. The lowest BCUT2D eigenvalue weighted by Gasteiger charge is -2.37. The zero-order valence-electron chi connectivity index (χ0n) is 17.5. The molecule has 0 radical (unpaired) electrons. The van der Waals surface area contributed by atoms with Gasteiger partial charge in [0, 0.05) is 43.6 Å².